The van der Waals surface area contributed by atoms with Crippen LogP contribution in [-0.4, -0.2) is 17.4 Å². The number of aryl methyl sites for hydroxylation is 1. The summed E-state index contributed by atoms with van der Waals surface area (Å²) < 4.78 is 0. The molecule has 1 amide bonds. The first-order valence-corrected chi connectivity index (χ1v) is 4.34. The van der Waals surface area contributed by atoms with Gasteiger partial charge >= 0.3 is 0 Å². The third-order valence-corrected chi connectivity index (χ3v) is 1.83. The predicted octanol–water partition coefficient (Wildman–Crippen LogP) is 0.682. The standard InChI is InChI=1S/C11H12N2O/c1-3-6-13-11(14)8-10-9(2)5-4-7-12-10/h1,4-5,7H,6,8H2,2H3,(H,13,14). The topological polar surface area (TPSA) is 42.0 Å². The number of pyridine rings is 1. The van der Waals surface area contributed by atoms with Gasteiger partial charge in [0.25, 0.3) is 0 Å². The first-order valence-electron chi connectivity index (χ1n) is 4.34. The van der Waals surface area contributed by atoms with Gasteiger partial charge in [-0.25, -0.2) is 0 Å². The van der Waals surface area contributed by atoms with Crippen LogP contribution in [-0.2, 0) is 11.2 Å². The number of amides is 1. The molecule has 14 heavy (non-hydrogen) atoms. The fourth-order valence-corrected chi connectivity index (χ4v) is 1.07. The largest absolute Gasteiger partial charge is 0.345 e. The first-order chi connectivity index (χ1) is 6.74. The average molecular weight is 188 g/mol. The number of terminal acetylenes is 1. The summed E-state index contributed by atoms with van der Waals surface area (Å²) in [5, 5.41) is 2.59. The van der Waals surface area contributed by atoms with Crippen LogP contribution in [0.4, 0.5) is 0 Å². The number of rotatable bonds is 3. The normalized spacial score (nSPS) is 9.14. The molecule has 0 fully saturated rings. The van der Waals surface area contributed by atoms with Gasteiger partial charge in [0.05, 0.1) is 18.7 Å². The lowest BCUT2D eigenvalue weighted by molar-refractivity contribution is -0.120. The number of nitrogens with one attached hydrogen (secondary N) is 1. The molecule has 1 rings (SSSR count). The number of hydrogen-bond acceptors (Lipinski definition) is 2. The van der Waals surface area contributed by atoms with Crippen molar-refractivity contribution in [1.29, 1.82) is 0 Å². The summed E-state index contributed by atoms with van der Waals surface area (Å²) in [6, 6.07) is 3.77. The SMILES string of the molecule is C#CCNC(=O)Cc1ncccc1C. The van der Waals surface area contributed by atoms with Crippen LogP contribution in [0.3, 0.4) is 0 Å². The summed E-state index contributed by atoms with van der Waals surface area (Å²) >= 11 is 0. The maximum atomic E-state index is 11.3. The number of hydrogen-bond donors (Lipinski definition) is 1. The lowest BCUT2D eigenvalue weighted by Crippen LogP contribution is -2.25. The predicted molar refractivity (Wildman–Crippen MR) is 54.5 cm³/mol. The van der Waals surface area contributed by atoms with Crippen LogP contribution >= 0.6 is 0 Å². The van der Waals surface area contributed by atoms with Gasteiger partial charge in [0.1, 0.15) is 0 Å². The molecule has 0 aromatic carbocycles. The summed E-state index contributed by atoms with van der Waals surface area (Å²) in [7, 11) is 0. The van der Waals surface area contributed by atoms with E-state index in [0.29, 0.717) is 0 Å². The highest BCUT2D eigenvalue weighted by atomic mass is 16.1. The second-order valence-corrected chi connectivity index (χ2v) is 2.92. The van der Waals surface area contributed by atoms with Crippen molar-refractivity contribution in [2.45, 2.75) is 13.3 Å². The van der Waals surface area contributed by atoms with Gasteiger partial charge in [0.2, 0.25) is 5.91 Å². The average Bonchev–Trinajstić information content (AvgIpc) is 2.18. The van der Waals surface area contributed by atoms with Crippen molar-refractivity contribution in [2.24, 2.45) is 0 Å². The molecule has 3 heteroatoms. The molecule has 0 aliphatic rings. The van der Waals surface area contributed by atoms with Gasteiger partial charge in [-0.1, -0.05) is 12.0 Å². The number of carbonyl (C=O) groups excluding carboxylic acids is 1. The molecule has 1 N–H and O–H groups in total. The maximum absolute atomic E-state index is 11.3. The summed E-state index contributed by atoms with van der Waals surface area (Å²) in [5.41, 5.74) is 1.81. The zero-order valence-electron chi connectivity index (χ0n) is 8.08. The zero-order chi connectivity index (χ0) is 10.4. The van der Waals surface area contributed by atoms with Crippen molar-refractivity contribution in [3.63, 3.8) is 0 Å². The molecule has 0 aliphatic carbocycles. The van der Waals surface area contributed by atoms with Crippen LogP contribution < -0.4 is 5.32 Å². The second kappa shape index (κ2) is 5.03. The van der Waals surface area contributed by atoms with Gasteiger partial charge in [-0.15, -0.1) is 6.42 Å². The highest BCUT2D eigenvalue weighted by Crippen LogP contribution is 2.03. The van der Waals surface area contributed by atoms with E-state index in [2.05, 4.69) is 16.2 Å². The summed E-state index contributed by atoms with van der Waals surface area (Å²) in [5.74, 6) is 2.25. The molecule has 0 bridgehead atoms. The molecule has 1 aromatic heterocycles. The highest BCUT2D eigenvalue weighted by Gasteiger charge is 2.04. The molecule has 1 heterocycles. The maximum Gasteiger partial charge on any atom is 0.226 e. The van der Waals surface area contributed by atoms with Crippen molar-refractivity contribution >= 4 is 5.91 Å². The minimum Gasteiger partial charge on any atom is -0.345 e. The Morgan fingerprint density at radius 2 is 2.50 bits per heavy atom. The van der Waals surface area contributed by atoms with Gasteiger partial charge < -0.3 is 5.32 Å². The lowest BCUT2D eigenvalue weighted by Gasteiger charge is -2.03. The molecule has 0 aliphatic heterocycles. The Kier molecular flexibility index (Phi) is 3.69. The summed E-state index contributed by atoms with van der Waals surface area (Å²) in [6.07, 6.45) is 6.98. The Balaban J connectivity index is 2.57. The third-order valence-electron chi connectivity index (χ3n) is 1.83. The summed E-state index contributed by atoms with van der Waals surface area (Å²) in [6.45, 7) is 2.20. The zero-order valence-corrected chi connectivity index (χ0v) is 8.08. The number of aromatic nitrogens is 1. The van der Waals surface area contributed by atoms with Gasteiger partial charge in [0.15, 0.2) is 0 Å². The Morgan fingerprint density at radius 3 is 3.14 bits per heavy atom. The van der Waals surface area contributed by atoms with Crippen LogP contribution in [0, 0.1) is 19.3 Å². The third kappa shape index (κ3) is 2.91. The molecule has 0 atom stereocenters. The Morgan fingerprint density at radius 1 is 1.71 bits per heavy atom. The number of carbonyl (C=O) groups is 1. The van der Waals surface area contributed by atoms with E-state index in [-0.39, 0.29) is 18.9 Å². The Hall–Kier alpha value is -1.82. The minimum atomic E-state index is -0.0928. The molecule has 3 nitrogen and oxygen atoms in total. The molecule has 1 aromatic rings. The van der Waals surface area contributed by atoms with E-state index < -0.39 is 0 Å². The Bertz CT molecular complexity index is 366. The molecule has 0 spiro atoms. The second-order valence-electron chi connectivity index (χ2n) is 2.92. The highest BCUT2D eigenvalue weighted by molar-refractivity contribution is 5.78. The van der Waals surface area contributed by atoms with Crippen molar-refractivity contribution in [3.05, 3.63) is 29.6 Å². The van der Waals surface area contributed by atoms with E-state index in [0.717, 1.165) is 11.3 Å². The Labute approximate surface area is 83.6 Å². The van der Waals surface area contributed by atoms with E-state index in [4.69, 9.17) is 6.42 Å². The van der Waals surface area contributed by atoms with Crippen LogP contribution in [0.15, 0.2) is 18.3 Å². The fraction of sp³-hybridized carbons (Fsp3) is 0.273. The van der Waals surface area contributed by atoms with E-state index in [1.165, 1.54) is 0 Å². The summed E-state index contributed by atoms with van der Waals surface area (Å²) in [4.78, 5) is 15.4. The molecule has 0 unspecified atom stereocenters. The van der Waals surface area contributed by atoms with E-state index >= 15 is 0 Å². The van der Waals surface area contributed by atoms with Crippen LogP contribution in [0.25, 0.3) is 0 Å². The van der Waals surface area contributed by atoms with Crippen LogP contribution in [0.2, 0.25) is 0 Å². The fourth-order valence-electron chi connectivity index (χ4n) is 1.07. The molecule has 0 saturated carbocycles. The monoisotopic (exact) mass is 188 g/mol. The molecule has 0 saturated heterocycles. The van der Waals surface area contributed by atoms with Gasteiger partial charge in [-0.2, -0.15) is 0 Å². The molecule has 72 valence electrons. The van der Waals surface area contributed by atoms with Crippen molar-refractivity contribution in [3.8, 4) is 12.3 Å². The van der Waals surface area contributed by atoms with E-state index in [1.807, 2.05) is 19.1 Å². The number of nitrogens with zero attached hydrogens (tertiary/aromatic N) is 1. The van der Waals surface area contributed by atoms with Gasteiger partial charge in [-0.3, -0.25) is 9.78 Å². The van der Waals surface area contributed by atoms with Crippen molar-refractivity contribution in [1.82, 2.24) is 10.3 Å². The smallest absolute Gasteiger partial charge is 0.226 e. The van der Waals surface area contributed by atoms with E-state index in [9.17, 15) is 4.79 Å². The molecular formula is C11H12N2O. The molecular weight excluding hydrogens is 176 g/mol. The van der Waals surface area contributed by atoms with Gasteiger partial charge in [0, 0.05) is 6.20 Å². The van der Waals surface area contributed by atoms with Crippen molar-refractivity contribution in [2.75, 3.05) is 6.54 Å². The first kappa shape index (κ1) is 10.3. The van der Waals surface area contributed by atoms with E-state index in [1.54, 1.807) is 6.20 Å². The van der Waals surface area contributed by atoms with Crippen molar-refractivity contribution < 1.29 is 4.79 Å². The minimum absolute atomic E-state index is 0.0928. The van der Waals surface area contributed by atoms with Gasteiger partial charge in [-0.05, 0) is 18.6 Å². The van der Waals surface area contributed by atoms with Crippen LogP contribution in [0.1, 0.15) is 11.3 Å². The quantitative estimate of drug-likeness (QED) is 0.709. The van der Waals surface area contributed by atoms with Crippen LogP contribution in [0.5, 0.6) is 0 Å². The molecule has 0 radical (unpaired) electrons. The lowest BCUT2D eigenvalue weighted by atomic mass is 10.1.